The summed E-state index contributed by atoms with van der Waals surface area (Å²) in [5.41, 5.74) is 0.990. The van der Waals surface area contributed by atoms with Crippen LogP contribution < -0.4 is 5.32 Å². The lowest BCUT2D eigenvalue weighted by Gasteiger charge is -2.13. The van der Waals surface area contributed by atoms with Crippen molar-refractivity contribution < 1.29 is 13.2 Å². The van der Waals surface area contributed by atoms with E-state index in [9.17, 15) is 13.2 Å². The van der Waals surface area contributed by atoms with Gasteiger partial charge in [0.25, 0.3) is 0 Å². The second-order valence-corrected chi connectivity index (χ2v) is 6.76. The van der Waals surface area contributed by atoms with Gasteiger partial charge in [-0.3, -0.25) is 0 Å². The first-order chi connectivity index (χ1) is 14.5. The number of hydrogen-bond donors (Lipinski definition) is 1. The first-order valence-corrected chi connectivity index (χ1v) is 9.53. The number of rotatable bonds is 6. The summed E-state index contributed by atoms with van der Waals surface area (Å²) in [6.07, 6.45) is -3.58. The number of nitrogens with one attached hydrogen (secondary N) is 1. The quantitative estimate of drug-likeness (QED) is 0.494. The number of anilines is 1. The van der Waals surface area contributed by atoms with E-state index in [0.29, 0.717) is 29.4 Å². The highest BCUT2D eigenvalue weighted by Gasteiger charge is 2.33. The minimum atomic E-state index is -4.45. The third-order valence-electron chi connectivity index (χ3n) is 4.58. The Bertz CT molecular complexity index is 1150. The fraction of sp³-hybridized carbons (Fsp3) is 0.238. The van der Waals surface area contributed by atoms with Gasteiger partial charge in [0.1, 0.15) is 0 Å². The molecule has 0 amide bonds. The molecule has 1 N–H and O–H groups in total. The lowest BCUT2D eigenvalue weighted by atomic mass is 10.1. The zero-order valence-electron chi connectivity index (χ0n) is 16.2. The summed E-state index contributed by atoms with van der Waals surface area (Å²) >= 11 is 0. The zero-order valence-corrected chi connectivity index (χ0v) is 16.2. The van der Waals surface area contributed by atoms with Gasteiger partial charge in [0.2, 0.25) is 0 Å². The number of aromatic nitrogens is 5. The highest BCUT2D eigenvalue weighted by atomic mass is 19.4. The molecule has 0 atom stereocenters. The van der Waals surface area contributed by atoms with E-state index in [4.69, 9.17) is 0 Å². The maximum atomic E-state index is 13.4. The molecule has 2 heterocycles. The van der Waals surface area contributed by atoms with Crippen LogP contribution in [0, 0.1) is 0 Å². The average molecular weight is 412 g/mol. The number of benzene rings is 2. The molecule has 6 nitrogen and oxygen atoms in total. The molecule has 154 valence electrons. The van der Waals surface area contributed by atoms with E-state index < -0.39 is 11.7 Å². The predicted molar refractivity (Wildman–Crippen MR) is 108 cm³/mol. The standard InChI is InChI=1S/C21H19F3N6/c1-2-12-25-19-17-20(27-18(26-19)14-8-4-3-5-9-14)30(29-28-17)13-15-10-6-7-11-16(15)21(22,23)24/h3-11H,2,12-13H2,1H3,(H,25,26,27). The smallest absolute Gasteiger partial charge is 0.368 e. The molecule has 0 aliphatic heterocycles. The third kappa shape index (κ3) is 3.96. The molecule has 0 aliphatic rings. The molecule has 0 saturated heterocycles. The number of hydrogen-bond acceptors (Lipinski definition) is 5. The van der Waals surface area contributed by atoms with Gasteiger partial charge in [-0.05, 0) is 18.1 Å². The molecule has 0 unspecified atom stereocenters. The Balaban J connectivity index is 1.82. The van der Waals surface area contributed by atoms with E-state index in [1.54, 1.807) is 6.07 Å². The largest absolute Gasteiger partial charge is 0.416 e. The fourth-order valence-electron chi connectivity index (χ4n) is 3.14. The SMILES string of the molecule is CCCNc1nc(-c2ccccc2)nc2c1nnn2Cc1ccccc1C(F)(F)F. The second kappa shape index (κ2) is 8.10. The van der Waals surface area contributed by atoms with E-state index in [0.717, 1.165) is 18.1 Å². The Labute approximate surface area is 170 Å². The Kier molecular flexibility index (Phi) is 5.35. The van der Waals surface area contributed by atoms with Crippen LogP contribution in [0.4, 0.5) is 19.0 Å². The van der Waals surface area contributed by atoms with Gasteiger partial charge in [-0.2, -0.15) is 13.2 Å². The first kappa shape index (κ1) is 19.8. The van der Waals surface area contributed by atoms with Gasteiger partial charge in [0.05, 0.1) is 12.1 Å². The highest BCUT2D eigenvalue weighted by molar-refractivity contribution is 5.84. The van der Waals surface area contributed by atoms with Gasteiger partial charge in [0, 0.05) is 12.1 Å². The summed E-state index contributed by atoms with van der Waals surface area (Å²) in [7, 11) is 0. The number of halogens is 3. The summed E-state index contributed by atoms with van der Waals surface area (Å²) < 4.78 is 41.6. The van der Waals surface area contributed by atoms with E-state index in [1.807, 2.05) is 37.3 Å². The summed E-state index contributed by atoms with van der Waals surface area (Å²) in [5.74, 6) is 0.963. The molecule has 2 aromatic heterocycles. The summed E-state index contributed by atoms with van der Waals surface area (Å²) in [6.45, 7) is 2.59. The molecule has 30 heavy (non-hydrogen) atoms. The first-order valence-electron chi connectivity index (χ1n) is 9.53. The molecule has 9 heteroatoms. The molecule has 0 bridgehead atoms. The number of nitrogens with zero attached hydrogens (tertiary/aromatic N) is 5. The average Bonchev–Trinajstić information content (AvgIpc) is 3.15. The van der Waals surface area contributed by atoms with Crippen molar-refractivity contribution in [2.45, 2.75) is 26.1 Å². The Morgan fingerprint density at radius 3 is 2.43 bits per heavy atom. The fourth-order valence-corrected chi connectivity index (χ4v) is 3.14. The van der Waals surface area contributed by atoms with Crippen LogP contribution in [0.5, 0.6) is 0 Å². The maximum absolute atomic E-state index is 13.4. The second-order valence-electron chi connectivity index (χ2n) is 6.76. The van der Waals surface area contributed by atoms with Crippen molar-refractivity contribution >= 4 is 17.0 Å². The molecular formula is C21H19F3N6. The van der Waals surface area contributed by atoms with Gasteiger partial charge in [-0.15, -0.1) is 5.10 Å². The van der Waals surface area contributed by atoms with Crippen molar-refractivity contribution in [1.29, 1.82) is 0 Å². The van der Waals surface area contributed by atoms with Gasteiger partial charge in [0.15, 0.2) is 22.8 Å². The number of alkyl halides is 3. The lowest BCUT2D eigenvalue weighted by molar-refractivity contribution is -0.138. The molecule has 0 fully saturated rings. The van der Waals surface area contributed by atoms with Crippen LogP contribution in [0.2, 0.25) is 0 Å². The summed E-state index contributed by atoms with van der Waals surface area (Å²) in [5, 5.41) is 11.4. The lowest BCUT2D eigenvalue weighted by Crippen LogP contribution is -2.13. The predicted octanol–water partition coefficient (Wildman–Crippen LogP) is 4.78. The minimum Gasteiger partial charge on any atom is -0.368 e. The van der Waals surface area contributed by atoms with Crippen LogP contribution in [-0.4, -0.2) is 31.5 Å². The van der Waals surface area contributed by atoms with Gasteiger partial charge in [-0.1, -0.05) is 60.7 Å². The van der Waals surface area contributed by atoms with Crippen molar-refractivity contribution in [3.63, 3.8) is 0 Å². The molecule has 2 aromatic carbocycles. The minimum absolute atomic E-state index is 0.0970. The van der Waals surface area contributed by atoms with Crippen molar-refractivity contribution in [3.05, 3.63) is 65.7 Å². The van der Waals surface area contributed by atoms with E-state index >= 15 is 0 Å². The molecule has 0 aliphatic carbocycles. The van der Waals surface area contributed by atoms with Crippen molar-refractivity contribution in [2.75, 3.05) is 11.9 Å². The van der Waals surface area contributed by atoms with Crippen LogP contribution in [0.25, 0.3) is 22.6 Å². The van der Waals surface area contributed by atoms with Crippen LogP contribution in [-0.2, 0) is 12.7 Å². The Morgan fingerprint density at radius 1 is 0.967 bits per heavy atom. The maximum Gasteiger partial charge on any atom is 0.416 e. The van der Waals surface area contributed by atoms with Crippen LogP contribution in [0.15, 0.2) is 54.6 Å². The van der Waals surface area contributed by atoms with Crippen molar-refractivity contribution in [3.8, 4) is 11.4 Å². The monoisotopic (exact) mass is 412 g/mol. The molecular weight excluding hydrogens is 393 g/mol. The topological polar surface area (TPSA) is 68.5 Å². The van der Waals surface area contributed by atoms with Gasteiger partial charge in [-0.25, -0.2) is 14.6 Å². The molecule has 0 saturated carbocycles. The van der Waals surface area contributed by atoms with Crippen LogP contribution in [0.1, 0.15) is 24.5 Å². The number of fused-ring (bicyclic) bond motifs is 1. The normalized spacial score (nSPS) is 11.7. The van der Waals surface area contributed by atoms with E-state index in [-0.39, 0.29) is 12.1 Å². The molecule has 0 spiro atoms. The Hall–Kier alpha value is -3.49. The van der Waals surface area contributed by atoms with Gasteiger partial charge < -0.3 is 5.32 Å². The van der Waals surface area contributed by atoms with Crippen LogP contribution >= 0.6 is 0 Å². The summed E-state index contributed by atoms with van der Waals surface area (Å²) in [4.78, 5) is 9.14. The third-order valence-corrected chi connectivity index (χ3v) is 4.58. The van der Waals surface area contributed by atoms with Crippen molar-refractivity contribution in [2.24, 2.45) is 0 Å². The van der Waals surface area contributed by atoms with E-state index in [2.05, 4.69) is 25.6 Å². The summed E-state index contributed by atoms with van der Waals surface area (Å²) in [6, 6.07) is 14.8. The van der Waals surface area contributed by atoms with Crippen molar-refractivity contribution in [1.82, 2.24) is 25.0 Å². The molecule has 4 rings (SSSR count). The highest BCUT2D eigenvalue weighted by Crippen LogP contribution is 2.32. The van der Waals surface area contributed by atoms with Gasteiger partial charge >= 0.3 is 6.18 Å². The zero-order chi connectivity index (χ0) is 21.1. The van der Waals surface area contributed by atoms with Crippen LogP contribution in [0.3, 0.4) is 0 Å². The molecule has 4 aromatic rings. The molecule has 0 radical (unpaired) electrons. The van der Waals surface area contributed by atoms with E-state index in [1.165, 1.54) is 16.8 Å². The Morgan fingerprint density at radius 2 is 1.70 bits per heavy atom.